The molecule has 0 N–H and O–H groups in total. The van der Waals surface area contributed by atoms with E-state index >= 15 is 0 Å². The Bertz CT molecular complexity index is 602. The molecule has 138 valence electrons. The summed E-state index contributed by atoms with van der Waals surface area (Å²) < 4.78 is 24.8. The van der Waals surface area contributed by atoms with Gasteiger partial charge in [-0.3, -0.25) is 14.4 Å². The van der Waals surface area contributed by atoms with Gasteiger partial charge in [-0.25, -0.2) is 4.79 Å². The van der Waals surface area contributed by atoms with Gasteiger partial charge in [-0.1, -0.05) is 5.11 Å². The van der Waals surface area contributed by atoms with Crippen molar-refractivity contribution >= 4 is 23.9 Å². The molecular weight excluding hydrogens is 342 g/mol. The van der Waals surface area contributed by atoms with E-state index in [2.05, 4.69) is 14.8 Å². The van der Waals surface area contributed by atoms with E-state index < -0.39 is 54.5 Å². The van der Waals surface area contributed by atoms with Crippen LogP contribution < -0.4 is 0 Å². The summed E-state index contributed by atoms with van der Waals surface area (Å²) in [6, 6.07) is -1.40. The van der Waals surface area contributed by atoms with E-state index in [1.54, 1.807) is 0 Å². The number of methoxy groups -OCH3 is 1. The molecule has 0 amide bonds. The number of carbonyl (C=O) groups is 4. The van der Waals surface area contributed by atoms with Crippen molar-refractivity contribution in [2.24, 2.45) is 5.11 Å². The molecule has 0 aromatic heterocycles. The lowest BCUT2D eigenvalue weighted by Crippen LogP contribution is -2.62. The van der Waals surface area contributed by atoms with Crippen LogP contribution in [0.25, 0.3) is 10.4 Å². The normalized spacial score (nSPS) is 28.1. The van der Waals surface area contributed by atoms with Crippen molar-refractivity contribution in [1.82, 2.24) is 0 Å². The summed E-state index contributed by atoms with van der Waals surface area (Å²) in [5, 5.41) is 3.39. The molecule has 1 aliphatic heterocycles. The molecule has 0 bridgehead atoms. The van der Waals surface area contributed by atoms with Crippen LogP contribution in [-0.2, 0) is 42.9 Å². The third-order valence-corrected chi connectivity index (χ3v) is 3.02. The molecule has 1 heterocycles. The van der Waals surface area contributed by atoms with Gasteiger partial charge in [-0.15, -0.1) is 0 Å². The van der Waals surface area contributed by atoms with Crippen LogP contribution in [0.1, 0.15) is 20.8 Å². The third kappa shape index (κ3) is 5.33. The van der Waals surface area contributed by atoms with Gasteiger partial charge >= 0.3 is 23.9 Å². The number of hydrogen-bond acceptors (Lipinski definition) is 10. The maximum absolute atomic E-state index is 12.0. The molecular formula is C13H17N3O9. The summed E-state index contributed by atoms with van der Waals surface area (Å²) >= 11 is 0. The van der Waals surface area contributed by atoms with Gasteiger partial charge in [-0.2, -0.15) is 0 Å². The van der Waals surface area contributed by atoms with Gasteiger partial charge in [0.2, 0.25) is 6.29 Å². The first-order valence-electron chi connectivity index (χ1n) is 7.00. The third-order valence-electron chi connectivity index (χ3n) is 3.02. The number of rotatable bonds is 5. The average molecular weight is 359 g/mol. The molecule has 0 aliphatic carbocycles. The van der Waals surface area contributed by atoms with Crippen LogP contribution in [0.4, 0.5) is 0 Å². The molecule has 0 aromatic carbocycles. The Hall–Kier alpha value is -2.85. The summed E-state index contributed by atoms with van der Waals surface area (Å²) in [5.74, 6) is -3.41. The topological polar surface area (TPSA) is 163 Å². The molecule has 0 unspecified atom stereocenters. The van der Waals surface area contributed by atoms with Gasteiger partial charge in [0.15, 0.2) is 18.3 Å². The molecule has 12 nitrogen and oxygen atoms in total. The molecule has 0 saturated carbocycles. The maximum atomic E-state index is 12.0. The highest BCUT2D eigenvalue weighted by molar-refractivity contribution is 5.77. The van der Waals surface area contributed by atoms with E-state index in [0.717, 1.165) is 27.9 Å². The minimum atomic E-state index is -1.58. The second-order valence-electron chi connectivity index (χ2n) is 4.90. The van der Waals surface area contributed by atoms with Crippen LogP contribution in [0, 0.1) is 0 Å². The lowest BCUT2D eigenvalue weighted by Gasteiger charge is -2.41. The molecule has 1 saturated heterocycles. The maximum Gasteiger partial charge on any atom is 0.339 e. The Morgan fingerprint density at radius 1 is 0.960 bits per heavy atom. The zero-order chi connectivity index (χ0) is 19.1. The van der Waals surface area contributed by atoms with E-state index in [0.29, 0.717) is 0 Å². The monoisotopic (exact) mass is 359 g/mol. The van der Waals surface area contributed by atoms with Crippen LogP contribution in [0.2, 0.25) is 0 Å². The summed E-state index contributed by atoms with van der Waals surface area (Å²) in [7, 11) is 1.05. The summed E-state index contributed by atoms with van der Waals surface area (Å²) in [4.78, 5) is 48.6. The highest BCUT2D eigenvalue weighted by Crippen LogP contribution is 2.30. The van der Waals surface area contributed by atoms with Gasteiger partial charge in [0, 0.05) is 25.7 Å². The Morgan fingerprint density at radius 3 is 1.92 bits per heavy atom. The lowest BCUT2D eigenvalue weighted by molar-refractivity contribution is -0.261. The SMILES string of the molecule is COC(=O)[C@H]1O[C@@H](OC(C)=O)[C@H](N=[N+]=[N-])[C@@H](OC(C)=O)[C@@H]1OC(C)=O. The van der Waals surface area contributed by atoms with Gasteiger partial charge < -0.3 is 23.7 Å². The van der Waals surface area contributed by atoms with Crippen molar-refractivity contribution in [3.63, 3.8) is 0 Å². The molecule has 25 heavy (non-hydrogen) atoms. The van der Waals surface area contributed by atoms with E-state index in [9.17, 15) is 19.2 Å². The first-order valence-corrected chi connectivity index (χ1v) is 7.00. The van der Waals surface area contributed by atoms with Crippen molar-refractivity contribution in [3.8, 4) is 0 Å². The van der Waals surface area contributed by atoms with Crippen LogP contribution >= 0.6 is 0 Å². The highest BCUT2D eigenvalue weighted by Gasteiger charge is 2.54. The highest BCUT2D eigenvalue weighted by atomic mass is 16.7. The fourth-order valence-electron chi connectivity index (χ4n) is 2.22. The molecule has 0 aromatic rings. The summed E-state index contributed by atoms with van der Waals surface area (Å²) in [5.41, 5.74) is 8.73. The Balaban J connectivity index is 3.37. The first-order chi connectivity index (χ1) is 11.7. The van der Waals surface area contributed by atoms with Crippen molar-refractivity contribution in [2.45, 2.75) is 51.4 Å². The minimum absolute atomic E-state index is 0.806. The predicted octanol–water partition coefficient (Wildman–Crippen LogP) is -0.0103. The number of esters is 4. The van der Waals surface area contributed by atoms with Gasteiger partial charge in [0.1, 0.15) is 6.04 Å². The number of nitrogens with zero attached hydrogens (tertiary/aromatic N) is 3. The molecule has 1 rings (SSSR count). The van der Waals surface area contributed by atoms with Crippen molar-refractivity contribution in [1.29, 1.82) is 0 Å². The van der Waals surface area contributed by atoms with Crippen molar-refractivity contribution < 1.29 is 42.9 Å². The van der Waals surface area contributed by atoms with E-state index in [1.165, 1.54) is 0 Å². The standard InChI is InChI=1S/C13H17N3O9/c1-5(17)22-9-8(15-16-14)13(24-7(3)19)25-11(12(20)21-4)10(9)23-6(2)18/h8-11,13H,1-4H3/t8-,9-,10+,11+,13-/m1/s1. The van der Waals surface area contributed by atoms with Crippen LogP contribution in [0.3, 0.4) is 0 Å². The Kier molecular flexibility index (Phi) is 7.15. The fraction of sp³-hybridized carbons (Fsp3) is 0.692. The second-order valence-corrected chi connectivity index (χ2v) is 4.90. The van der Waals surface area contributed by atoms with Gasteiger partial charge in [-0.05, 0) is 5.53 Å². The number of ether oxygens (including phenoxy) is 5. The van der Waals surface area contributed by atoms with E-state index in [4.69, 9.17) is 24.5 Å². The summed E-state index contributed by atoms with van der Waals surface area (Å²) in [6.45, 7) is 3.17. The van der Waals surface area contributed by atoms with Crippen molar-refractivity contribution in [3.05, 3.63) is 10.4 Å². The van der Waals surface area contributed by atoms with Gasteiger partial charge in [0.25, 0.3) is 0 Å². The van der Waals surface area contributed by atoms with Gasteiger partial charge in [0.05, 0.1) is 7.11 Å². The van der Waals surface area contributed by atoms with Crippen LogP contribution in [0.15, 0.2) is 5.11 Å². The Morgan fingerprint density at radius 2 is 1.48 bits per heavy atom. The fourth-order valence-corrected chi connectivity index (χ4v) is 2.22. The zero-order valence-electron chi connectivity index (χ0n) is 13.9. The quantitative estimate of drug-likeness (QED) is 0.216. The number of azide groups is 1. The zero-order valence-corrected chi connectivity index (χ0v) is 13.9. The largest absolute Gasteiger partial charge is 0.467 e. The summed E-state index contributed by atoms with van der Waals surface area (Å²) in [6.07, 6.45) is -6.06. The molecule has 1 fully saturated rings. The minimum Gasteiger partial charge on any atom is -0.467 e. The van der Waals surface area contributed by atoms with E-state index in [1.807, 2.05) is 0 Å². The first kappa shape index (κ1) is 20.2. The van der Waals surface area contributed by atoms with Crippen LogP contribution in [-0.4, -0.2) is 61.6 Å². The second kappa shape index (κ2) is 8.85. The number of carbonyl (C=O) groups excluding carboxylic acids is 4. The molecule has 0 spiro atoms. The Labute approximate surface area is 141 Å². The lowest BCUT2D eigenvalue weighted by atomic mass is 9.96. The average Bonchev–Trinajstić information content (AvgIpc) is 2.50. The smallest absolute Gasteiger partial charge is 0.339 e. The molecule has 1 aliphatic rings. The molecule has 12 heteroatoms. The molecule has 0 radical (unpaired) electrons. The van der Waals surface area contributed by atoms with E-state index in [-0.39, 0.29) is 0 Å². The molecule has 5 atom stereocenters. The van der Waals surface area contributed by atoms with Crippen molar-refractivity contribution in [2.75, 3.05) is 7.11 Å². The van der Waals surface area contributed by atoms with Crippen LogP contribution in [0.5, 0.6) is 0 Å². The predicted molar refractivity (Wildman–Crippen MR) is 76.5 cm³/mol. The number of hydrogen-bond donors (Lipinski definition) is 0.